The fraction of sp³-hybridized carbons (Fsp3) is 0.154. The SMILES string of the molecule is Cc1[nH]nc(NC(c2ccccc2)(c2ccccc2)c2ccccc2)c1CCC(=O)O. The van der Waals surface area contributed by atoms with Crippen LogP contribution in [0.25, 0.3) is 0 Å². The number of carboxylic acid groups (broad SMARTS) is 1. The third-order valence-corrected chi connectivity index (χ3v) is 5.59. The van der Waals surface area contributed by atoms with Gasteiger partial charge < -0.3 is 10.4 Å². The standard InChI is InChI=1S/C26H25N3O2/c1-19-23(17-18-24(30)31)25(29-28-19)27-26(20-11-5-2-6-12-20,21-13-7-3-8-14-21)22-15-9-4-10-16-22/h2-16H,17-18H2,1H3,(H,30,31)(H2,27,28,29). The molecule has 156 valence electrons. The van der Waals surface area contributed by atoms with Crippen LogP contribution >= 0.6 is 0 Å². The number of nitrogens with one attached hydrogen (secondary N) is 2. The topological polar surface area (TPSA) is 78.0 Å². The summed E-state index contributed by atoms with van der Waals surface area (Å²) in [5, 5.41) is 20.5. The molecule has 0 saturated heterocycles. The van der Waals surface area contributed by atoms with E-state index >= 15 is 0 Å². The first-order valence-electron chi connectivity index (χ1n) is 10.3. The van der Waals surface area contributed by atoms with Crippen LogP contribution in [-0.4, -0.2) is 21.3 Å². The maximum atomic E-state index is 11.2. The number of carboxylic acids is 1. The number of benzene rings is 3. The Labute approximate surface area is 181 Å². The normalized spacial score (nSPS) is 11.3. The van der Waals surface area contributed by atoms with Gasteiger partial charge >= 0.3 is 5.97 Å². The summed E-state index contributed by atoms with van der Waals surface area (Å²) in [4.78, 5) is 11.2. The Morgan fingerprint density at radius 1 is 0.871 bits per heavy atom. The summed E-state index contributed by atoms with van der Waals surface area (Å²) in [5.41, 5.74) is 4.25. The van der Waals surface area contributed by atoms with Crippen molar-refractivity contribution in [3.05, 3.63) is 119 Å². The van der Waals surface area contributed by atoms with Crippen LogP contribution in [0.1, 0.15) is 34.4 Å². The number of hydrogen-bond acceptors (Lipinski definition) is 3. The van der Waals surface area contributed by atoms with Crippen molar-refractivity contribution in [2.45, 2.75) is 25.3 Å². The second kappa shape index (κ2) is 8.88. The number of aromatic amines is 1. The van der Waals surface area contributed by atoms with E-state index in [1.165, 1.54) is 0 Å². The maximum Gasteiger partial charge on any atom is 0.303 e. The van der Waals surface area contributed by atoms with Crippen molar-refractivity contribution < 1.29 is 9.90 Å². The Hall–Kier alpha value is -3.86. The summed E-state index contributed by atoms with van der Waals surface area (Å²) >= 11 is 0. The molecule has 3 N–H and O–H groups in total. The zero-order valence-corrected chi connectivity index (χ0v) is 17.4. The molecule has 0 amide bonds. The molecular weight excluding hydrogens is 386 g/mol. The van der Waals surface area contributed by atoms with Crippen LogP contribution in [0.15, 0.2) is 91.0 Å². The molecule has 0 aliphatic heterocycles. The summed E-state index contributed by atoms with van der Waals surface area (Å²) in [7, 11) is 0. The number of nitrogens with zero attached hydrogens (tertiary/aromatic N) is 1. The number of carbonyl (C=O) groups is 1. The Balaban J connectivity index is 1.93. The van der Waals surface area contributed by atoms with Crippen LogP contribution < -0.4 is 5.32 Å². The van der Waals surface area contributed by atoms with Gasteiger partial charge in [0.1, 0.15) is 5.54 Å². The Morgan fingerprint density at radius 2 is 1.32 bits per heavy atom. The van der Waals surface area contributed by atoms with E-state index in [2.05, 4.69) is 51.9 Å². The van der Waals surface area contributed by atoms with Crippen molar-refractivity contribution in [2.75, 3.05) is 5.32 Å². The van der Waals surface area contributed by atoms with Crippen molar-refractivity contribution in [1.29, 1.82) is 0 Å². The van der Waals surface area contributed by atoms with Crippen molar-refractivity contribution >= 4 is 11.8 Å². The molecule has 3 aromatic carbocycles. The monoisotopic (exact) mass is 411 g/mol. The minimum absolute atomic E-state index is 0.0457. The number of anilines is 1. The molecule has 0 bridgehead atoms. The third kappa shape index (κ3) is 4.08. The summed E-state index contributed by atoms with van der Waals surface area (Å²) < 4.78 is 0. The fourth-order valence-corrected chi connectivity index (χ4v) is 4.05. The van der Waals surface area contributed by atoms with Gasteiger partial charge in [-0.2, -0.15) is 5.10 Å². The van der Waals surface area contributed by atoms with Gasteiger partial charge in [-0.1, -0.05) is 91.0 Å². The highest BCUT2D eigenvalue weighted by Crippen LogP contribution is 2.40. The number of hydrogen-bond donors (Lipinski definition) is 3. The largest absolute Gasteiger partial charge is 0.481 e. The fourth-order valence-electron chi connectivity index (χ4n) is 4.05. The van der Waals surface area contributed by atoms with Crippen molar-refractivity contribution in [2.24, 2.45) is 0 Å². The lowest BCUT2D eigenvalue weighted by atomic mass is 9.77. The van der Waals surface area contributed by atoms with Crippen LogP contribution in [0.5, 0.6) is 0 Å². The maximum absolute atomic E-state index is 11.2. The molecule has 0 radical (unpaired) electrons. The van der Waals surface area contributed by atoms with Gasteiger partial charge in [-0.05, 0) is 30.0 Å². The van der Waals surface area contributed by atoms with Gasteiger partial charge in [0.05, 0.1) is 0 Å². The van der Waals surface area contributed by atoms with E-state index in [-0.39, 0.29) is 6.42 Å². The van der Waals surface area contributed by atoms with Gasteiger partial charge in [-0.25, -0.2) is 0 Å². The molecule has 0 atom stereocenters. The van der Waals surface area contributed by atoms with E-state index in [9.17, 15) is 9.90 Å². The average Bonchev–Trinajstić information content (AvgIpc) is 3.16. The van der Waals surface area contributed by atoms with Crippen LogP contribution in [-0.2, 0) is 16.8 Å². The molecule has 0 saturated carbocycles. The molecule has 5 nitrogen and oxygen atoms in total. The van der Waals surface area contributed by atoms with Crippen LogP contribution in [0, 0.1) is 6.92 Å². The zero-order chi connectivity index (χ0) is 21.7. The second-order valence-electron chi connectivity index (χ2n) is 7.54. The van der Waals surface area contributed by atoms with Gasteiger partial charge in [0.2, 0.25) is 0 Å². The summed E-state index contributed by atoms with van der Waals surface area (Å²) in [6.45, 7) is 1.92. The molecule has 1 aromatic heterocycles. The Bertz CT molecular complexity index is 1040. The van der Waals surface area contributed by atoms with Gasteiger partial charge in [-0.15, -0.1) is 0 Å². The average molecular weight is 412 g/mol. The summed E-state index contributed by atoms with van der Waals surface area (Å²) in [6, 6.07) is 30.8. The van der Waals surface area contributed by atoms with E-state index in [1.54, 1.807) is 0 Å². The number of rotatable bonds is 8. The number of aryl methyl sites for hydroxylation is 1. The van der Waals surface area contributed by atoms with Crippen molar-refractivity contribution in [1.82, 2.24) is 10.2 Å². The van der Waals surface area contributed by atoms with E-state index in [4.69, 9.17) is 0 Å². The summed E-state index contributed by atoms with van der Waals surface area (Å²) in [5.74, 6) is -0.165. The molecular formula is C26H25N3O2. The Morgan fingerprint density at radius 3 is 1.74 bits per heavy atom. The highest BCUT2D eigenvalue weighted by molar-refractivity contribution is 5.68. The lowest BCUT2D eigenvalue weighted by Gasteiger charge is -2.37. The molecule has 0 fully saturated rings. The first-order valence-corrected chi connectivity index (χ1v) is 10.3. The van der Waals surface area contributed by atoms with E-state index in [0.29, 0.717) is 12.2 Å². The van der Waals surface area contributed by atoms with E-state index < -0.39 is 11.5 Å². The minimum Gasteiger partial charge on any atom is -0.481 e. The van der Waals surface area contributed by atoms with Crippen molar-refractivity contribution in [3.63, 3.8) is 0 Å². The molecule has 5 heteroatoms. The van der Waals surface area contributed by atoms with Gasteiger partial charge in [0.15, 0.2) is 5.82 Å². The lowest BCUT2D eigenvalue weighted by molar-refractivity contribution is -0.136. The highest BCUT2D eigenvalue weighted by atomic mass is 16.4. The molecule has 0 aliphatic rings. The van der Waals surface area contributed by atoms with E-state index in [1.807, 2.05) is 61.5 Å². The summed E-state index contributed by atoms with van der Waals surface area (Å²) in [6.07, 6.45) is 0.443. The zero-order valence-electron chi connectivity index (χ0n) is 17.4. The van der Waals surface area contributed by atoms with Crippen LogP contribution in [0.3, 0.4) is 0 Å². The van der Waals surface area contributed by atoms with Crippen LogP contribution in [0.4, 0.5) is 5.82 Å². The minimum atomic E-state index is -0.827. The lowest BCUT2D eigenvalue weighted by Crippen LogP contribution is -2.38. The van der Waals surface area contributed by atoms with Crippen molar-refractivity contribution in [3.8, 4) is 0 Å². The molecule has 31 heavy (non-hydrogen) atoms. The molecule has 4 aromatic rings. The van der Waals surface area contributed by atoms with E-state index in [0.717, 1.165) is 27.9 Å². The predicted octanol–water partition coefficient (Wildman–Crippen LogP) is 5.14. The predicted molar refractivity (Wildman–Crippen MR) is 122 cm³/mol. The third-order valence-electron chi connectivity index (χ3n) is 5.59. The number of aliphatic carboxylic acids is 1. The molecule has 0 aliphatic carbocycles. The first-order chi connectivity index (χ1) is 15.1. The first kappa shape index (κ1) is 20.4. The van der Waals surface area contributed by atoms with Gasteiger partial charge in [-0.3, -0.25) is 9.89 Å². The number of H-pyrrole nitrogens is 1. The Kier molecular flexibility index (Phi) is 5.85. The molecule has 1 heterocycles. The quantitative estimate of drug-likeness (QED) is 0.351. The van der Waals surface area contributed by atoms with Gasteiger partial charge in [0.25, 0.3) is 0 Å². The molecule has 0 unspecified atom stereocenters. The molecule has 4 rings (SSSR count). The van der Waals surface area contributed by atoms with Crippen LogP contribution in [0.2, 0.25) is 0 Å². The highest BCUT2D eigenvalue weighted by Gasteiger charge is 2.37. The second-order valence-corrected chi connectivity index (χ2v) is 7.54. The number of aromatic nitrogens is 2. The molecule has 0 spiro atoms. The van der Waals surface area contributed by atoms with Gasteiger partial charge in [0, 0.05) is 17.7 Å². The smallest absolute Gasteiger partial charge is 0.303 e.